The van der Waals surface area contributed by atoms with Crippen LogP contribution in [0.5, 0.6) is 0 Å². The lowest BCUT2D eigenvalue weighted by Crippen LogP contribution is -2.38. The van der Waals surface area contributed by atoms with E-state index in [0.717, 1.165) is 0 Å². The van der Waals surface area contributed by atoms with E-state index < -0.39 is 24.6 Å². The zero-order chi connectivity index (χ0) is 13.5. The van der Waals surface area contributed by atoms with Crippen molar-refractivity contribution >= 4 is 17.7 Å². The molecule has 0 fully saturated rings. The summed E-state index contributed by atoms with van der Waals surface area (Å²) in [6, 6.07) is 7.55. The summed E-state index contributed by atoms with van der Waals surface area (Å²) in [5.74, 6) is -1.42. The zero-order valence-electron chi connectivity index (χ0n) is 9.25. The Bertz CT molecular complexity index is 495. The first-order valence-corrected chi connectivity index (χ1v) is 4.99. The number of urea groups is 1. The second-order valence-corrected chi connectivity index (χ2v) is 3.35. The highest BCUT2D eigenvalue weighted by atomic mass is 16.4. The third-order valence-corrected chi connectivity index (χ3v) is 2.04. The number of anilines is 1. The average Bonchev–Trinajstić information content (AvgIpc) is 2.36. The molecule has 0 spiro atoms. The molecule has 0 saturated carbocycles. The predicted octanol–water partition coefficient (Wildman–Crippen LogP) is 0.125. The van der Waals surface area contributed by atoms with E-state index in [9.17, 15) is 9.59 Å². The van der Waals surface area contributed by atoms with Crippen LogP contribution < -0.4 is 10.6 Å². The van der Waals surface area contributed by atoms with E-state index in [-0.39, 0.29) is 5.56 Å². The molecule has 1 aromatic rings. The SMILES string of the molecule is N#Cc1ccccc1NC(=O)NCC(O)C(=O)O. The van der Waals surface area contributed by atoms with Crippen LogP contribution in [0.1, 0.15) is 5.56 Å². The standard InChI is InChI=1S/C11H11N3O4/c12-5-7-3-1-2-4-8(7)14-11(18)13-6-9(15)10(16)17/h1-4,9,15H,6H2,(H,16,17)(H2,13,14,18). The summed E-state index contributed by atoms with van der Waals surface area (Å²) in [4.78, 5) is 21.7. The number of carbonyl (C=O) groups is 2. The highest BCUT2D eigenvalue weighted by Gasteiger charge is 2.14. The maximum absolute atomic E-state index is 11.4. The molecule has 0 aliphatic carbocycles. The van der Waals surface area contributed by atoms with Gasteiger partial charge in [0, 0.05) is 0 Å². The molecule has 0 aliphatic heterocycles. The molecule has 0 bridgehead atoms. The normalized spacial score (nSPS) is 11.1. The first-order chi connectivity index (χ1) is 8.54. The van der Waals surface area contributed by atoms with Gasteiger partial charge < -0.3 is 20.8 Å². The van der Waals surface area contributed by atoms with Crippen LogP contribution in [0.15, 0.2) is 24.3 Å². The number of para-hydroxylation sites is 1. The molecule has 7 nitrogen and oxygen atoms in total. The summed E-state index contributed by atoms with van der Waals surface area (Å²) in [6.45, 7) is -0.421. The molecule has 7 heteroatoms. The van der Waals surface area contributed by atoms with E-state index in [1.807, 2.05) is 6.07 Å². The molecule has 1 atom stereocenters. The number of nitrogens with one attached hydrogen (secondary N) is 2. The summed E-state index contributed by atoms with van der Waals surface area (Å²) < 4.78 is 0. The molecule has 4 N–H and O–H groups in total. The largest absolute Gasteiger partial charge is 0.479 e. The van der Waals surface area contributed by atoms with Crippen molar-refractivity contribution in [3.05, 3.63) is 29.8 Å². The first-order valence-electron chi connectivity index (χ1n) is 4.99. The van der Waals surface area contributed by atoms with Gasteiger partial charge in [-0.05, 0) is 12.1 Å². The molecule has 1 rings (SSSR count). The Labute approximate surface area is 103 Å². The molecule has 94 valence electrons. The van der Waals surface area contributed by atoms with E-state index in [1.165, 1.54) is 12.1 Å². The van der Waals surface area contributed by atoms with Gasteiger partial charge in [0.2, 0.25) is 0 Å². The van der Waals surface area contributed by atoms with Crippen LogP contribution in [0, 0.1) is 11.3 Å². The zero-order valence-corrected chi connectivity index (χ0v) is 9.25. The molecular formula is C11H11N3O4. The number of carboxylic acid groups (broad SMARTS) is 1. The Morgan fingerprint density at radius 2 is 2.06 bits per heavy atom. The Hall–Kier alpha value is -2.59. The Kier molecular flexibility index (Phi) is 4.66. The minimum Gasteiger partial charge on any atom is -0.479 e. The van der Waals surface area contributed by atoms with Gasteiger partial charge >= 0.3 is 12.0 Å². The van der Waals surface area contributed by atoms with Gasteiger partial charge in [0.25, 0.3) is 0 Å². The summed E-state index contributed by atoms with van der Waals surface area (Å²) in [5.41, 5.74) is 0.591. The Morgan fingerprint density at radius 1 is 1.39 bits per heavy atom. The summed E-state index contributed by atoms with van der Waals surface area (Å²) in [6.07, 6.45) is -1.66. The van der Waals surface area contributed by atoms with Gasteiger partial charge in [-0.1, -0.05) is 12.1 Å². The highest BCUT2D eigenvalue weighted by molar-refractivity contribution is 5.91. The molecule has 1 aromatic carbocycles. The fourth-order valence-electron chi connectivity index (χ4n) is 1.13. The van der Waals surface area contributed by atoms with Crippen molar-refractivity contribution in [2.45, 2.75) is 6.10 Å². The van der Waals surface area contributed by atoms with Crippen molar-refractivity contribution in [1.82, 2.24) is 5.32 Å². The number of nitriles is 1. The lowest BCUT2D eigenvalue weighted by Gasteiger charge is -2.10. The lowest BCUT2D eigenvalue weighted by molar-refractivity contribution is -0.146. The minimum atomic E-state index is -1.66. The summed E-state index contributed by atoms with van der Waals surface area (Å²) >= 11 is 0. The number of hydrogen-bond acceptors (Lipinski definition) is 4. The molecular weight excluding hydrogens is 238 g/mol. The van der Waals surface area contributed by atoms with Crippen LogP contribution >= 0.6 is 0 Å². The van der Waals surface area contributed by atoms with Crippen LogP contribution in [-0.4, -0.2) is 34.9 Å². The number of aliphatic hydroxyl groups is 1. The number of carbonyl (C=O) groups excluding carboxylic acids is 1. The van der Waals surface area contributed by atoms with Gasteiger partial charge in [0.1, 0.15) is 6.07 Å². The van der Waals surface area contributed by atoms with Crippen LogP contribution in [0.25, 0.3) is 0 Å². The van der Waals surface area contributed by atoms with Gasteiger partial charge in [0.15, 0.2) is 6.10 Å². The average molecular weight is 249 g/mol. The number of benzene rings is 1. The first kappa shape index (κ1) is 13.5. The van der Waals surface area contributed by atoms with Crippen molar-refractivity contribution in [2.24, 2.45) is 0 Å². The second-order valence-electron chi connectivity index (χ2n) is 3.35. The van der Waals surface area contributed by atoms with Gasteiger partial charge in [-0.2, -0.15) is 5.26 Å². The number of nitrogens with zero attached hydrogens (tertiary/aromatic N) is 1. The summed E-state index contributed by atoms with van der Waals surface area (Å²) in [5, 5.41) is 30.7. The smallest absolute Gasteiger partial charge is 0.334 e. The molecule has 18 heavy (non-hydrogen) atoms. The number of aliphatic hydroxyl groups excluding tert-OH is 1. The van der Waals surface area contributed by atoms with E-state index in [4.69, 9.17) is 15.5 Å². The third kappa shape index (κ3) is 3.77. The van der Waals surface area contributed by atoms with Crippen LogP contribution in [0.2, 0.25) is 0 Å². The molecule has 0 aliphatic rings. The predicted molar refractivity (Wildman–Crippen MR) is 61.8 cm³/mol. The number of rotatable bonds is 4. The minimum absolute atomic E-state index is 0.284. The van der Waals surface area contributed by atoms with E-state index in [2.05, 4.69) is 10.6 Å². The van der Waals surface area contributed by atoms with E-state index in [1.54, 1.807) is 12.1 Å². The van der Waals surface area contributed by atoms with E-state index in [0.29, 0.717) is 5.69 Å². The van der Waals surface area contributed by atoms with Gasteiger partial charge in [-0.3, -0.25) is 0 Å². The number of hydrogen-bond donors (Lipinski definition) is 4. The lowest BCUT2D eigenvalue weighted by atomic mass is 10.2. The Morgan fingerprint density at radius 3 is 2.67 bits per heavy atom. The topological polar surface area (TPSA) is 122 Å². The van der Waals surface area contributed by atoms with Crippen molar-refractivity contribution in [2.75, 3.05) is 11.9 Å². The van der Waals surface area contributed by atoms with Crippen molar-refractivity contribution in [1.29, 1.82) is 5.26 Å². The fourth-order valence-corrected chi connectivity index (χ4v) is 1.13. The maximum Gasteiger partial charge on any atom is 0.334 e. The number of aliphatic carboxylic acids is 1. The van der Waals surface area contributed by atoms with Crippen molar-refractivity contribution in [3.8, 4) is 6.07 Å². The maximum atomic E-state index is 11.4. The van der Waals surface area contributed by atoms with Crippen LogP contribution in [0.4, 0.5) is 10.5 Å². The molecule has 0 aromatic heterocycles. The van der Waals surface area contributed by atoms with Crippen LogP contribution in [0.3, 0.4) is 0 Å². The highest BCUT2D eigenvalue weighted by Crippen LogP contribution is 2.12. The number of amides is 2. The fraction of sp³-hybridized carbons (Fsp3) is 0.182. The Balaban J connectivity index is 2.55. The van der Waals surface area contributed by atoms with Gasteiger partial charge in [-0.25, -0.2) is 9.59 Å². The molecule has 2 amide bonds. The third-order valence-electron chi connectivity index (χ3n) is 2.04. The molecule has 0 radical (unpaired) electrons. The van der Waals surface area contributed by atoms with Crippen molar-refractivity contribution < 1.29 is 19.8 Å². The molecule has 1 unspecified atom stereocenters. The monoisotopic (exact) mass is 249 g/mol. The number of carboxylic acids is 1. The molecule has 0 saturated heterocycles. The van der Waals surface area contributed by atoms with E-state index >= 15 is 0 Å². The quantitative estimate of drug-likeness (QED) is 0.603. The van der Waals surface area contributed by atoms with Crippen LogP contribution in [-0.2, 0) is 4.79 Å². The van der Waals surface area contributed by atoms with Gasteiger partial charge in [-0.15, -0.1) is 0 Å². The summed E-state index contributed by atoms with van der Waals surface area (Å²) in [7, 11) is 0. The van der Waals surface area contributed by atoms with Gasteiger partial charge in [0.05, 0.1) is 17.8 Å². The molecule has 0 heterocycles. The second kappa shape index (κ2) is 6.22. The van der Waals surface area contributed by atoms with Crippen molar-refractivity contribution in [3.63, 3.8) is 0 Å².